The Labute approximate surface area is 103 Å². The number of benzene rings is 1. The second-order valence-corrected chi connectivity index (χ2v) is 4.92. The average Bonchev–Trinajstić information content (AvgIpc) is 2.68. The zero-order valence-electron chi connectivity index (χ0n) is 9.19. The van der Waals surface area contributed by atoms with Crippen LogP contribution in [0.25, 0.3) is 0 Å². The summed E-state index contributed by atoms with van der Waals surface area (Å²) in [6.07, 6.45) is 0.245. The van der Waals surface area contributed by atoms with Crippen LogP contribution in [0.3, 0.4) is 0 Å². The number of hydrogen-bond donors (Lipinski definition) is 0. The molecule has 0 bridgehead atoms. The monoisotopic (exact) mass is 253 g/mol. The number of hydrogen-bond acceptors (Lipinski definition) is 3. The number of carbonyl (C=O) groups is 2. The number of rotatable bonds is 4. The Hall–Kier alpha value is -1.36. The molecule has 17 heavy (non-hydrogen) atoms. The van der Waals surface area contributed by atoms with Gasteiger partial charge in [-0.05, 0) is 17.7 Å². The summed E-state index contributed by atoms with van der Waals surface area (Å²) in [6, 6.07) is 5.85. The molecule has 1 aromatic carbocycles. The van der Waals surface area contributed by atoms with Crippen molar-refractivity contribution in [1.82, 2.24) is 4.90 Å². The molecule has 0 aliphatic carbocycles. The molecule has 5 heteroatoms. The lowest BCUT2D eigenvalue weighted by molar-refractivity contribution is -0.118. The Bertz CT molecular complexity index is 433. The van der Waals surface area contributed by atoms with Crippen LogP contribution in [-0.2, 0) is 11.2 Å². The van der Waals surface area contributed by atoms with Crippen molar-refractivity contribution in [3.8, 4) is 0 Å². The summed E-state index contributed by atoms with van der Waals surface area (Å²) in [5.74, 6) is 0.419. The number of thioether (sulfide) groups is 1. The average molecular weight is 253 g/mol. The molecule has 0 spiro atoms. The lowest BCUT2D eigenvalue weighted by Crippen LogP contribution is -2.30. The maximum Gasteiger partial charge on any atom is 0.282 e. The Morgan fingerprint density at radius 1 is 1.35 bits per heavy atom. The molecule has 0 saturated carbocycles. The van der Waals surface area contributed by atoms with E-state index in [1.54, 1.807) is 17.0 Å². The molecule has 1 aromatic rings. The fourth-order valence-electron chi connectivity index (χ4n) is 1.67. The van der Waals surface area contributed by atoms with Crippen molar-refractivity contribution in [2.24, 2.45) is 0 Å². The van der Waals surface area contributed by atoms with Crippen LogP contribution in [0.2, 0.25) is 0 Å². The Morgan fingerprint density at radius 3 is 2.65 bits per heavy atom. The highest BCUT2D eigenvalue weighted by atomic mass is 32.2. The highest BCUT2D eigenvalue weighted by Crippen LogP contribution is 2.17. The van der Waals surface area contributed by atoms with Crippen molar-refractivity contribution in [3.05, 3.63) is 35.6 Å². The van der Waals surface area contributed by atoms with Gasteiger partial charge in [-0.3, -0.25) is 9.59 Å². The van der Waals surface area contributed by atoms with Crippen LogP contribution in [0.1, 0.15) is 5.56 Å². The van der Waals surface area contributed by atoms with Crippen molar-refractivity contribution in [2.75, 3.05) is 18.8 Å². The van der Waals surface area contributed by atoms with Gasteiger partial charge in [0.05, 0.1) is 6.54 Å². The van der Waals surface area contributed by atoms with Crippen molar-refractivity contribution in [2.45, 2.75) is 6.42 Å². The number of nitrogens with zero attached hydrogens (tertiary/aromatic N) is 1. The van der Waals surface area contributed by atoms with Crippen LogP contribution in [0.4, 0.5) is 9.18 Å². The van der Waals surface area contributed by atoms with Crippen LogP contribution in [-0.4, -0.2) is 34.8 Å². The first-order valence-electron chi connectivity index (χ1n) is 5.33. The van der Waals surface area contributed by atoms with Gasteiger partial charge in [0.1, 0.15) is 5.82 Å². The van der Waals surface area contributed by atoms with Gasteiger partial charge < -0.3 is 4.90 Å². The highest BCUT2D eigenvalue weighted by molar-refractivity contribution is 8.13. The largest absolute Gasteiger partial charge is 0.325 e. The predicted octanol–water partition coefficient (Wildman–Crippen LogP) is 2.11. The molecule has 1 heterocycles. The van der Waals surface area contributed by atoms with E-state index in [0.717, 1.165) is 11.3 Å². The first-order chi connectivity index (χ1) is 8.15. The number of Topliss-reactive ketones (excluding diaryl/α,β-unsaturated/α-hetero) is 1. The zero-order chi connectivity index (χ0) is 12.3. The molecule has 3 nitrogen and oxygen atoms in total. The summed E-state index contributed by atoms with van der Waals surface area (Å²) >= 11 is 1.24. The van der Waals surface area contributed by atoms with Gasteiger partial charge in [0.25, 0.3) is 5.24 Å². The van der Waals surface area contributed by atoms with Crippen molar-refractivity contribution in [3.63, 3.8) is 0 Å². The molecule has 1 amide bonds. The first-order valence-corrected chi connectivity index (χ1v) is 6.31. The van der Waals surface area contributed by atoms with Crippen LogP contribution < -0.4 is 0 Å². The van der Waals surface area contributed by atoms with Gasteiger partial charge in [-0.25, -0.2) is 4.39 Å². The van der Waals surface area contributed by atoms with Gasteiger partial charge in [0.2, 0.25) is 0 Å². The Morgan fingerprint density at radius 2 is 2.06 bits per heavy atom. The van der Waals surface area contributed by atoms with E-state index in [4.69, 9.17) is 0 Å². The third-order valence-electron chi connectivity index (χ3n) is 2.53. The summed E-state index contributed by atoms with van der Waals surface area (Å²) in [5, 5.41) is -0.0301. The maximum absolute atomic E-state index is 12.7. The molecule has 0 unspecified atom stereocenters. The SMILES string of the molecule is O=C(Cc1ccc(F)cc1)CN1CCSC1=O. The van der Waals surface area contributed by atoms with E-state index in [0.29, 0.717) is 6.54 Å². The van der Waals surface area contributed by atoms with Crippen molar-refractivity contribution < 1.29 is 14.0 Å². The standard InChI is InChI=1S/C12H12FNO2S/c13-10-3-1-9(2-4-10)7-11(15)8-14-5-6-17-12(14)16/h1-4H,5-8H2. The van der Waals surface area contributed by atoms with Crippen LogP contribution in [0, 0.1) is 5.82 Å². The normalized spacial score (nSPS) is 15.4. The minimum atomic E-state index is -0.313. The van der Waals surface area contributed by atoms with Crippen LogP contribution >= 0.6 is 11.8 Å². The molecule has 1 fully saturated rings. The lowest BCUT2D eigenvalue weighted by Gasteiger charge is -2.12. The smallest absolute Gasteiger partial charge is 0.282 e. The topological polar surface area (TPSA) is 37.4 Å². The van der Waals surface area contributed by atoms with E-state index in [9.17, 15) is 14.0 Å². The van der Waals surface area contributed by atoms with Gasteiger partial charge in [0.15, 0.2) is 5.78 Å². The fourth-order valence-corrected chi connectivity index (χ4v) is 2.49. The van der Waals surface area contributed by atoms with Gasteiger partial charge in [-0.1, -0.05) is 23.9 Å². The molecular formula is C12H12FNO2S. The summed E-state index contributed by atoms with van der Waals surface area (Å²) in [4.78, 5) is 24.5. The van der Waals surface area contributed by atoms with Gasteiger partial charge in [-0.2, -0.15) is 0 Å². The third kappa shape index (κ3) is 3.30. The molecule has 0 radical (unpaired) electrons. The Kier molecular flexibility index (Phi) is 3.78. The number of halogens is 1. The van der Waals surface area contributed by atoms with Crippen molar-refractivity contribution >= 4 is 22.8 Å². The maximum atomic E-state index is 12.7. The minimum Gasteiger partial charge on any atom is -0.325 e. The minimum absolute atomic E-state index is 0.0209. The van der Waals surface area contributed by atoms with Crippen molar-refractivity contribution in [1.29, 1.82) is 0 Å². The molecule has 1 aliphatic rings. The van der Waals surface area contributed by atoms with E-state index in [1.807, 2.05) is 0 Å². The molecule has 0 N–H and O–H groups in total. The molecule has 0 atom stereocenters. The molecule has 2 rings (SSSR count). The third-order valence-corrected chi connectivity index (χ3v) is 3.42. The summed E-state index contributed by atoms with van der Waals surface area (Å²) in [6.45, 7) is 0.794. The summed E-state index contributed by atoms with van der Waals surface area (Å²) < 4.78 is 12.7. The quantitative estimate of drug-likeness (QED) is 0.824. The molecule has 0 aromatic heterocycles. The molecule has 1 aliphatic heterocycles. The van der Waals surface area contributed by atoms with E-state index in [2.05, 4.69) is 0 Å². The van der Waals surface area contributed by atoms with Gasteiger partial charge in [0, 0.05) is 18.7 Å². The second-order valence-electron chi connectivity index (χ2n) is 3.88. The predicted molar refractivity (Wildman–Crippen MR) is 64.5 cm³/mol. The number of amides is 1. The first kappa shape index (κ1) is 12.1. The fraction of sp³-hybridized carbons (Fsp3) is 0.333. The summed E-state index contributed by atoms with van der Waals surface area (Å²) in [7, 11) is 0. The van der Waals surface area contributed by atoms with E-state index in [1.165, 1.54) is 23.9 Å². The molecular weight excluding hydrogens is 241 g/mol. The van der Waals surface area contributed by atoms with E-state index >= 15 is 0 Å². The lowest BCUT2D eigenvalue weighted by atomic mass is 10.1. The number of carbonyl (C=O) groups excluding carboxylic acids is 2. The van der Waals surface area contributed by atoms with Gasteiger partial charge in [-0.15, -0.1) is 0 Å². The van der Waals surface area contributed by atoms with Crippen LogP contribution in [0.15, 0.2) is 24.3 Å². The molecule has 90 valence electrons. The second kappa shape index (κ2) is 5.31. The van der Waals surface area contributed by atoms with Gasteiger partial charge >= 0.3 is 0 Å². The highest BCUT2D eigenvalue weighted by Gasteiger charge is 2.22. The zero-order valence-corrected chi connectivity index (χ0v) is 10.0. The summed E-state index contributed by atoms with van der Waals surface area (Å²) in [5.41, 5.74) is 0.774. The number of ketones is 1. The Balaban J connectivity index is 1.88. The van der Waals surface area contributed by atoms with E-state index in [-0.39, 0.29) is 29.8 Å². The van der Waals surface area contributed by atoms with Crippen LogP contribution in [0.5, 0.6) is 0 Å². The molecule has 1 saturated heterocycles. The van der Waals surface area contributed by atoms with E-state index < -0.39 is 0 Å².